The second kappa shape index (κ2) is 8.36. The van der Waals surface area contributed by atoms with Gasteiger partial charge < -0.3 is 5.32 Å². The molecule has 2 heterocycles. The molecule has 0 saturated carbocycles. The summed E-state index contributed by atoms with van der Waals surface area (Å²) in [6, 6.07) is 0. The number of hydrogen-bond acceptors (Lipinski definition) is 4. The summed E-state index contributed by atoms with van der Waals surface area (Å²) < 4.78 is 1.60. The molecule has 154 valence electrons. The summed E-state index contributed by atoms with van der Waals surface area (Å²) in [6.45, 7) is 12.2. The summed E-state index contributed by atoms with van der Waals surface area (Å²) in [5, 5.41) is 3.72. The lowest BCUT2D eigenvalue weighted by molar-refractivity contribution is -0.121. The minimum atomic E-state index is -0.00647. The number of fused-ring (bicyclic) bond motifs is 3. The van der Waals surface area contributed by atoms with Gasteiger partial charge in [0.05, 0.1) is 11.7 Å². The average Bonchev–Trinajstić information content (AvgIpc) is 2.98. The number of aryl methyl sites for hydroxylation is 2. The third-order valence-corrected chi connectivity index (χ3v) is 7.05. The molecule has 1 aliphatic rings. The first-order chi connectivity index (χ1) is 13.2. The molecule has 28 heavy (non-hydrogen) atoms. The second-order valence-electron chi connectivity index (χ2n) is 9.52. The number of nitrogens with zero attached hydrogens (tertiary/aromatic N) is 2. The summed E-state index contributed by atoms with van der Waals surface area (Å²) in [6.07, 6.45) is 6.00. The fourth-order valence-electron chi connectivity index (χ4n) is 3.91. The highest BCUT2D eigenvalue weighted by Gasteiger charge is 2.31. The molecule has 0 fully saturated rings. The molecule has 1 atom stereocenters. The Labute approximate surface area is 171 Å². The van der Waals surface area contributed by atoms with Crippen LogP contribution in [0.3, 0.4) is 0 Å². The first-order valence-electron chi connectivity index (χ1n) is 10.4. The molecular weight excluding hydrogens is 370 g/mol. The van der Waals surface area contributed by atoms with Crippen LogP contribution in [-0.2, 0) is 24.2 Å². The number of carbonyl (C=O) groups excluding carboxylic acids is 1. The molecule has 0 aromatic carbocycles. The van der Waals surface area contributed by atoms with Crippen molar-refractivity contribution in [3.05, 3.63) is 27.1 Å². The van der Waals surface area contributed by atoms with Gasteiger partial charge >= 0.3 is 0 Å². The van der Waals surface area contributed by atoms with Gasteiger partial charge in [0, 0.05) is 24.4 Å². The topological polar surface area (TPSA) is 64.0 Å². The van der Waals surface area contributed by atoms with E-state index in [9.17, 15) is 9.59 Å². The molecule has 0 saturated heterocycles. The van der Waals surface area contributed by atoms with Crippen molar-refractivity contribution in [2.75, 3.05) is 6.54 Å². The van der Waals surface area contributed by atoms with Gasteiger partial charge in [0.15, 0.2) is 0 Å². The Morgan fingerprint density at radius 3 is 2.82 bits per heavy atom. The number of rotatable bonds is 6. The highest BCUT2D eigenvalue weighted by atomic mass is 32.1. The standard InChI is InChI=1S/C22H33N3O2S/c1-14(2)8-10-23-18(26)9-11-25-13-24-20-19(21(25)27)16-7-6-15(22(3,4)5)12-17(16)28-20/h13-15H,6-12H2,1-5H3,(H,23,26). The molecule has 2 aromatic rings. The number of aromatic nitrogens is 2. The zero-order valence-corrected chi connectivity index (χ0v) is 18.6. The number of carbonyl (C=O) groups is 1. The molecule has 1 unspecified atom stereocenters. The number of thiophene rings is 1. The Hall–Kier alpha value is -1.69. The van der Waals surface area contributed by atoms with Crippen LogP contribution in [0.25, 0.3) is 10.2 Å². The van der Waals surface area contributed by atoms with Crippen LogP contribution in [0.1, 0.15) is 64.3 Å². The minimum Gasteiger partial charge on any atom is -0.356 e. The van der Waals surface area contributed by atoms with E-state index in [1.165, 1.54) is 10.4 Å². The van der Waals surface area contributed by atoms with Crippen LogP contribution < -0.4 is 10.9 Å². The monoisotopic (exact) mass is 403 g/mol. The Morgan fingerprint density at radius 2 is 2.14 bits per heavy atom. The molecule has 5 nitrogen and oxygen atoms in total. The summed E-state index contributed by atoms with van der Waals surface area (Å²) in [5.41, 5.74) is 1.49. The Kier molecular flexibility index (Phi) is 6.28. The van der Waals surface area contributed by atoms with Gasteiger partial charge in [-0.2, -0.15) is 0 Å². The molecule has 2 aromatic heterocycles. The third kappa shape index (κ3) is 4.65. The van der Waals surface area contributed by atoms with Crippen molar-refractivity contribution in [3.8, 4) is 0 Å². The van der Waals surface area contributed by atoms with Crippen molar-refractivity contribution in [2.24, 2.45) is 17.3 Å². The smallest absolute Gasteiger partial charge is 0.262 e. The lowest BCUT2D eigenvalue weighted by atomic mass is 9.72. The number of amides is 1. The molecule has 0 bridgehead atoms. The predicted octanol–water partition coefficient (Wildman–Crippen LogP) is 4.16. The van der Waals surface area contributed by atoms with Crippen LogP contribution in [0, 0.1) is 17.3 Å². The first kappa shape index (κ1) is 21.0. The van der Waals surface area contributed by atoms with Crippen LogP contribution >= 0.6 is 11.3 Å². The quantitative estimate of drug-likeness (QED) is 0.788. The van der Waals surface area contributed by atoms with Crippen molar-refractivity contribution < 1.29 is 4.79 Å². The summed E-state index contributed by atoms with van der Waals surface area (Å²) >= 11 is 1.68. The Balaban J connectivity index is 1.74. The highest BCUT2D eigenvalue weighted by Crippen LogP contribution is 2.41. The maximum atomic E-state index is 13.1. The molecule has 3 rings (SSSR count). The van der Waals surface area contributed by atoms with E-state index >= 15 is 0 Å². The van der Waals surface area contributed by atoms with Crippen molar-refractivity contribution in [1.29, 1.82) is 0 Å². The van der Waals surface area contributed by atoms with Crippen molar-refractivity contribution in [2.45, 2.75) is 73.3 Å². The van der Waals surface area contributed by atoms with Crippen molar-refractivity contribution in [3.63, 3.8) is 0 Å². The average molecular weight is 404 g/mol. The van der Waals surface area contributed by atoms with Gasteiger partial charge in [0.25, 0.3) is 5.56 Å². The molecule has 0 radical (unpaired) electrons. The third-order valence-electron chi connectivity index (χ3n) is 5.88. The van der Waals surface area contributed by atoms with E-state index in [2.05, 4.69) is 44.9 Å². The number of nitrogens with one attached hydrogen (secondary N) is 1. The summed E-state index contributed by atoms with van der Waals surface area (Å²) in [4.78, 5) is 31.8. The lowest BCUT2D eigenvalue weighted by Gasteiger charge is -2.33. The van der Waals surface area contributed by atoms with Gasteiger partial charge in [-0.1, -0.05) is 34.6 Å². The fraction of sp³-hybridized carbons (Fsp3) is 0.682. The van der Waals surface area contributed by atoms with E-state index in [-0.39, 0.29) is 16.9 Å². The van der Waals surface area contributed by atoms with Gasteiger partial charge in [0.2, 0.25) is 5.91 Å². The Morgan fingerprint density at radius 1 is 1.39 bits per heavy atom. The van der Waals surface area contributed by atoms with Crippen LogP contribution in [0.4, 0.5) is 0 Å². The summed E-state index contributed by atoms with van der Waals surface area (Å²) in [7, 11) is 0. The van der Waals surface area contributed by atoms with E-state index in [1.54, 1.807) is 22.2 Å². The van der Waals surface area contributed by atoms with Gasteiger partial charge in [0.1, 0.15) is 4.83 Å². The second-order valence-corrected chi connectivity index (χ2v) is 10.6. The minimum absolute atomic E-state index is 0.00619. The molecule has 1 amide bonds. The maximum absolute atomic E-state index is 13.1. The van der Waals surface area contributed by atoms with E-state index in [4.69, 9.17) is 0 Å². The lowest BCUT2D eigenvalue weighted by Crippen LogP contribution is -2.29. The van der Waals surface area contributed by atoms with Crippen molar-refractivity contribution >= 4 is 27.5 Å². The van der Waals surface area contributed by atoms with E-state index in [0.29, 0.717) is 31.3 Å². The largest absolute Gasteiger partial charge is 0.356 e. The van der Waals surface area contributed by atoms with Gasteiger partial charge in [-0.15, -0.1) is 11.3 Å². The predicted molar refractivity (Wildman–Crippen MR) is 116 cm³/mol. The van der Waals surface area contributed by atoms with Crippen LogP contribution in [0.5, 0.6) is 0 Å². The molecule has 0 spiro atoms. The number of hydrogen-bond donors (Lipinski definition) is 1. The van der Waals surface area contributed by atoms with Crippen LogP contribution in [0.2, 0.25) is 0 Å². The fourth-order valence-corrected chi connectivity index (χ4v) is 5.17. The zero-order valence-electron chi connectivity index (χ0n) is 17.8. The summed E-state index contributed by atoms with van der Waals surface area (Å²) in [5.74, 6) is 1.20. The van der Waals surface area contributed by atoms with E-state index < -0.39 is 0 Å². The van der Waals surface area contributed by atoms with E-state index in [1.807, 2.05) is 0 Å². The Bertz CT molecular complexity index is 905. The molecule has 1 aliphatic carbocycles. The van der Waals surface area contributed by atoms with Crippen LogP contribution in [-0.4, -0.2) is 22.0 Å². The molecule has 1 N–H and O–H groups in total. The van der Waals surface area contributed by atoms with Crippen LogP contribution in [0.15, 0.2) is 11.1 Å². The highest BCUT2D eigenvalue weighted by molar-refractivity contribution is 7.18. The molecule has 0 aliphatic heterocycles. The van der Waals surface area contributed by atoms with Gasteiger partial charge in [-0.3, -0.25) is 14.2 Å². The van der Waals surface area contributed by atoms with Gasteiger partial charge in [-0.05, 0) is 48.5 Å². The maximum Gasteiger partial charge on any atom is 0.262 e. The van der Waals surface area contributed by atoms with Crippen molar-refractivity contribution in [1.82, 2.24) is 14.9 Å². The van der Waals surface area contributed by atoms with Gasteiger partial charge in [-0.25, -0.2) is 4.98 Å². The molecular formula is C22H33N3O2S. The van der Waals surface area contributed by atoms with E-state index in [0.717, 1.165) is 35.9 Å². The normalized spacial score (nSPS) is 17.1. The molecule has 6 heteroatoms. The first-order valence-corrected chi connectivity index (χ1v) is 11.2. The SMILES string of the molecule is CC(C)CCNC(=O)CCn1cnc2sc3c(c2c1=O)CCC(C(C)(C)C)C3. The zero-order chi connectivity index (χ0) is 20.5.